The molecule has 0 saturated heterocycles. The van der Waals surface area contributed by atoms with Crippen LogP contribution >= 0.6 is 0 Å². The van der Waals surface area contributed by atoms with Gasteiger partial charge in [0.25, 0.3) is 0 Å². The summed E-state index contributed by atoms with van der Waals surface area (Å²) in [5.74, 6) is 0. The van der Waals surface area contributed by atoms with E-state index in [1.165, 1.54) is 16.3 Å². The van der Waals surface area contributed by atoms with Gasteiger partial charge in [0.15, 0.2) is 0 Å². The first-order valence-corrected chi connectivity index (χ1v) is 16.6. The molecule has 0 aliphatic heterocycles. The molecule has 10 aromatic rings. The lowest BCUT2D eigenvalue weighted by molar-refractivity contribution is 0.669. The molecular weight excluding hydrogens is 599 g/mol. The predicted octanol–water partition coefficient (Wildman–Crippen LogP) is 13.4. The maximum absolute atomic E-state index is 6.71. The standard InChI is InChI=1S/C46H29NO2/c1-3-12-30(13-4-1)33-22-24-37-39-29-34(23-27-43(39)48-44(37)28-33)47(40-20-11-17-31-16-7-8-18-35(31)40)41-26-25-36(32-14-5-2-6-15-32)46-45(41)38-19-9-10-21-42(38)49-46/h1-29H. The van der Waals surface area contributed by atoms with Crippen molar-refractivity contribution in [1.82, 2.24) is 0 Å². The highest BCUT2D eigenvalue weighted by atomic mass is 16.3. The third-order valence-corrected chi connectivity index (χ3v) is 9.66. The van der Waals surface area contributed by atoms with Crippen molar-refractivity contribution in [3.05, 3.63) is 176 Å². The fourth-order valence-electron chi connectivity index (χ4n) is 7.37. The molecule has 3 heteroatoms. The molecule has 2 aromatic heterocycles. The van der Waals surface area contributed by atoms with Crippen molar-refractivity contribution in [3.8, 4) is 22.3 Å². The highest BCUT2D eigenvalue weighted by Crippen LogP contribution is 2.48. The number of anilines is 3. The number of benzene rings is 8. The van der Waals surface area contributed by atoms with E-state index < -0.39 is 0 Å². The van der Waals surface area contributed by atoms with E-state index in [0.717, 1.165) is 77.6 Å². The Hall–Kier alpha value is -6.58. The van der Waals surface area contributed by atoms with Crippen LogP contribution in [0, 0.1) is 0 Å². The molecule has 0 amide bonds. The van der Waals surface area contributed by atoms with Gasteiger partial charge in [0.1, 0.15) is 22.3 Å². The van der Waals surface area contributed by atoms with Gasteiger partial charge in [-0.3, -0.25) is 0 Å². The lowest BCUT2D eigenvalue weighted by Gasteiger charge is -2.28. The lowest BCUT2D eigenvalue weighted by Crippen LogP contribution is -2.11. The van der Waals surface area contributed by atoms with E-state index in [2.05, 4.69) is 163 Å². The molecule has 230 valence electrons. The van der Waals surface area contributed by atoms with Gasteiger partial charge in [0, 0.05) is 32.8 Å². The highest BCUT2D eigenvalue weighted by Gasteiger charge is 2.24. The number of furan rings is 2. The number of para-hydroxylation sites is 1. The minimum atomic E-state index is 0.861. The lowest BCUT2D eigenvalue weighted by atomic mass is 9.99. The second-order valence-corrected chi connectivity index (χ2v) is 12.5. The van der Waals surface area contributed by atoms with Crippen molar-refractivity contribution in [3.63, 3.8) is 0 Å². The molecule has 0 atom stereocenters. The van der Waals surface area contributed by atoms with E-state index in [9.17, 15) is 0 Å². The molecule has 0 spiro atoms. The van der Waals surface area contributed by atoms with Crippen LogP contribution in [-0.2, 0) is 0 Å². The summed E-state index contributed by atoms with van der Waals surface area (Å²) in [7, 11) is 0. The molecular formula is C46H29NO2. The van der Waals surface area contributed by atoms with Crippen molar-refractivity contribution < 1.29 is 8.83 Å². The third kappa shape index (κ3) is 4.44. The maximum Gasteiger partial charge on any atom is 0.145 e. The van der Waals surface area contributed by atoms with Crippen molar-refractivity contribution in [2.75, 3.05) is 4.90 Å². The van der Waals surface area contributed by atoms with Gasteiger partial charge in [0.05, 0.1) is 16.8 Å². The van der Waals surface area contributed by atoms with Crippen LogP contribution in [0.25, 0.3) is 76.9 Å². The number of hydrogen-bond acceptors (Lipinski definition) is 3. The molecule has 0 saturated carbocycles. The average Bonchev–Trinajstić information content (AvgIpc) is 3.74. The molecule has 2 heterocycles. The SMILES string of the molecule is c1ccc(-c2ccc3c(c2)oc2ccc(N(c4cccc5ccccc45)c4ccc(-c5ccccc5)c5oc6ccccc6c45)cc23)cc1. The summed E-state index contributed by atoms with van der Waals surface area (Å²) in [4.78, 5) is 2.39. The summed E-state index contributed by atoms with van der Waals surface area (Å²) in [5, 5.41) is 6.68. The topological polar surface area (TPSA) is 29.5 Å². The van der Waals surface area contributed by atoms with Crippen molar-refractivity contribution >= 4 is 71.7 Å². The summed E-state index contributed by atoms with van der Waals surface area (Å²) in [5.41, 5.74) is 11.2. The van der Waals surface area contributed by atoms with Gasteiger partial charge < -0.3 is 13.7 Å². The van der Waals surface area contributed by atoms with Gasteiger partial charge in [-0.05, 0) is 76.7 Å². The molecule has 0 unspecified atom stereocenters. The third-order valence-electron chi connectivity index (χ3n) is 9.66. The fourth-order valence-corrected chi connectivity index (χ4v) is 7.37. The number of fused-ring (bicyclic) bond motifs is 7. The van der Waals surface area contributed by atoms with Gasteiger partial charge in [0.2, 0.25) is 0 Å². The normalized spacial score (nSPS) is 11.7. The van der Waals surface area contributed by atoms with E-state index in [1.807, 2.05) is 18.2 Å². The molecule has 0 bridgehead atoms. The van der Waals surface area contributed by atoms with Crippen LogP contribution in [0.4, 0.5) is 17.1 Å². The number of nitrogens with zero attached hydrogens (tertiary/aromatic N) is 1. The van der Waals surface area contributed by atoms with Gasteiger partial charge in [-0.2, -0.15) is 0 Å². The Bertz CT molecular complexity index is 2820. The van der Waals surface area contributed by atoms with Crippen molar-refractivity contribution in [2.24, 2.45) is 0 Å². The van der Waals surface area contributed by atoms with E-state index in [0.29, 0.717) is 0 Å². The molecule has 10 rings (SSSR count). The predicted molar refractivity (Wildman–Crippen MR) is 204 cm³/mol. The van der Waals surface area contributed by atoms with Crippen LogP contribution in [0.5, 0.6) is 0 Å². The molecule has 49 heavy (non-hydrogen) atoms. The van der Waals surface area contributed by atoms with Crippen molar-refractivity contribution in [2.45, 2.75) is 0 Å². The van der Waals surface area contributed by atoms with E-state index in [-0.39, 0.29) is 0 Å². The molecule has 0 aliphatic rings. The first-order chi connectivity index (χ1) is 24.3. The Labute approximate surface area is 282 Å². The van der Waals surface area contributed by atoms with Gasteiger partial charge in [-0.25, -0.2) is 0 Å². The Morgan fingerprint density at radius 2 is 1.08 bits per heavy atom. The smallest absolute Gasteiger partial charge is 0.145 e. The van der Waals surface area contributed by atoms with Crippen molar-refractivity contribution in [1.29, 1.82) is 0 Å². The first kappa shape index (κ1) is 27.5. The second kappa shape index (κ2) is 11.0. The minimum Gasteiger partial charge on any atom is -0.456 e. The summed E-state index contributed by atoms with van der Waals surface area (Å²) < 4.78 is 13.2. The molecule has 0 aliphatic carbocycles. The number of rotatable bonds is 5. The molecule has 0 N–H and O–H groups in total. The summed E-state index contributed by atoms with van der Waals surface area (Å²) in [6.45, 7) is 0. The van der Waals surface area contributed by atoms with Gasteiger partial charge in [-0.1, -0.05) is 121 Å². The Balaban J connectivity index is 1.25. The molecule has 3 nitrogen and oxygen atoms in total. The quantitative estimate of drug-likeness (QED) is 0.190. The molecule has 0 fully saturated rings. The van der Waals surface area contributed by atoms with E-state index in [4.69, 9.17) is 8.83 Å². The zero-order valence-electron chi connectivity index (χ0n) is 26.5. The fraction of sp³-hybridized carbons (Fsp3) is 0. The Morgan fingerprint density at radius 1 is 0.367 bits per heavy atom. The second-order valence-electron chi connectivity index (χ2n) is 12.5. The largest absolute Gasteiger partial charge is 0.456 e. The zero-order valence-corrected chi connectivity index (χ0v) is 26.5. The summed E-state index contributed by atoms with van der Waals surface area (Å²) in [6, 6.07) is 61.9. The average molecular weight is 628 g/mol. The van der Waals surface area contributed by atoms with Crippen LogP contribution in [0.15, 0.2) is 185 Å². The Kier molecular flexibility index (Phi) is 6.18. The van der Waals surface area contributed by atoms with Crippen LogP contribution in [0.2, 0.25) is 0 Å². The Morgan fingerprint density at radius 3 is 1.94 bits per heavy atom. The zero-order chi connectivity index (χ0) is 32.3. The van der Waals surface area contributed by atoms with E-state index in [1.54, 1.807) is 0 Å². The summed E-state index contributed by atoms with van der Waals surface area (Å²) in [6.07, 6.45) is 0. The van der Waals surface area contributed by atoms with Crippen LogP contribution in [-0.4, -0.2) is 0 Å². The molecule has 0 radical (unpaired) electrons. The summed E-state index contributed by atoms with van der Waals surface area (Å²) >= 11 is 0. The monoisotopic (exact) mass is 627 g/mol. The van der Waals surface area contributed by atoms with Crippen LogP contribution < -0.4 is 4.90 Å². The molecule has 8 aromatic carbocycles. The van der Waals surface area contributed by atoms with Gasteiger partial charge in [-0.15, -0.1) is 0 Å². The highest BCUT2D eigenvalue weighted by molar-refractivity contribution is 6.18. The van der Waals surface area contributed by atoms with Crippen LogP contribution in [0.3, 0.4) is 0 Å². The number of hydrogen-bond donors (Lipinski definition) is 0. The van der Waals surface area contributed by atoms with Crippen LogP contribution in [0.1, 0.15) is 0 Å². The minimum absolute atomic E-state index is 0.861. The first-order valence-electron chi connectivity index (χ1n) is 16.6. The maximum atomic E-state index is 6.71. The van der Waals surface area contributed by atoms with E-state index >= 15 is 0 Å². The van der Waals surface area contributed by atoms with Gasteiger partial charge >= 0.3 is 0 Å².